The lowest BCUT2D eigenvalue weighted by molar-refractivity contribution is 0.0575. The molecule has 1 aliphatic rings. The van der Waals surface area contributed by atoms with Gasteiger partial charge in [0.1, 0.15) is 0 Å². The highest BCUT2D eigenvalue weighted by atomic mass is 32.2. The quantitative estimate of drug-likeness (QED) is 0.559. The van der Waals surface area contributed by atoms with E-state index in [1.807, 2.05) is 4.90 Å². The predicted octanol–water partition coefficient (Wildman–Crippen LogP) is 2.54. The van der Waals surface area contributed by atoms with Gasteiger partial charge in [0.25, 0.3) is 5.91 Å². The van der Waals surface area contributed by atoms with E-state index in [-0.39, 0.29) is 16.6 Å². The van der Waals surface area contributed by atoms with Crippen molar-refractivity contribution < 1.29 is 17.9 Å². The van der Waals surface area contributed by atoms with Crippen molar-refractivity contribution in [1.29, 1.82) is 0 Å². The van der Waals surface area contributed by atoms with Crippen molar-refractivity contribution in [3.8, 4) is 0 Å². The average Bonchev–Trinajstić information content (AvgIpc) is 2.62. The molecule has 1 aliphatic heterocycles. The van der Waals surface area contributed by atoms with Crippen molar-refractivity contribution in [3.63, 3.8) is 0 Å². The van der Waals surface area contributed by atoms with Crippen molar-refractivity contribution in [1.82, 2.24) is 4.90 Å². The van der Waals surface area contributed by atoms with Gasteiger partial charge in [-0.25, -0.2) is 8.42 Å². The topological polar surface area (TPSA) is 63.7 Å². The molecule has 1 aromatic carbocycles. The number of piperidine rings is 1. The molecular weight excluding hydrogens is 326 g/mol. The zero-order valence-electron chi connectivity index (χ0n) is 14.1. The molecule has 0 atom stereocenters. The molecule has 1 saturated heterocycles. The maximum Gasteiger partial charge on any atom is 0.253 e. The summed E-state index contributed by atoms with van der Waals surface area (Å²) in [4.78, 5) is 14.6. The molecule has 1 heterocycles. The third-order valence-electron chi connectivity index (χ3n) is 4.33. The molecule has 0 aliphatic carbocycles. The molecule has 0 aromatic heterocycles. The highest BCUT2D eigenvalue weighted by molar-refractivity contribution is 7.91. The van der Waals surface area contributed by atoms with Gasteiger partial charge in [-0.2, -0.15) is 0 Å². The smallest absolute Gasteiger partial charge is 0.253 e. The van der Waals surface area contributed by atoms with Gasteiger partial charge >= 0.3 is 0 Å². The second kappa shape index (κ2) is 8.44. The fourth-order valence-electron chi connectivity index (χ4n) is 2.77. The van der Waals surface area contributed by atoms with Crippen molar-refractivity contribution in [2.75, 3.05) is 32.1 Å². The molecule has 1 fully saturated rings. The van der Waals surface area contributed by atoms with Crippen LogP contribution in [0.4, 0.5) is 0 Å². The maximum atomic E-state index is 12.5. The number of amides is 1. The van der Waals surface area contributed by atoms with Gasteiger partial charge in [-0.15, -0.1) is 6.58 Å². The molecule has 5 nitrogen and oxygen atoms in total. The lowest BCUT2D eigenvalue weighted by Gasteiger charge is -2.32. The first kappa shape index (κ1) is 18.7. The van der Waals surface area contributed by atoms with Crippen LogP contribution in [0.1, 0.15) is 30.1 Å². The summed E-state index contributed by atoms with van der Waals surface area (Å²) in [5.41, 5.74) is 0.534. The maximum absolute atomic E-state index is 12.5. The second-order valence-corrected chi connectivity index (χ2v) is 8.27. The molecule has 1 amide bonds. The van der Waals surface area contributed by atoms with Crippen LogP contribution in [-0.2, 0) is 14.6 Å². The summed E-state index contributed by atoms with van der Waals surface area (Å²) in [5, 5.41) is 0. The van der Waals surface area contributed by atoms with Crippen LogP contribution in [0.5, 0.6) is 0 Å². The Hall–Kier alpha value is -1.66. The third-order valence-corrected chi connectivity index (χ3v) is 6.08. The number of sulfone groups is 1. The average molecular weight is 351 g/mol. The SMILES string of the molecule is C=CCOCC1CCN(C(=O)c2ccc(S(=O)(=O)CC)cc2)CC1. The Morgan fingerprint density at radius 2 is 1.92 bits per heavy atom. The molecule has 2 rings (SSSR count). The predicted molar refractivity (Wildman–Crippen MR) is 93.8 cm³/mol. The van der Waals surface area contributed by atoms with Crippen LogP contribution in [0, 0.1) is 5.92 Å². The molecule has 0 N–H and O–H groups in total. The zero-order valence-corrected chi connectivity index (χ0v) is 14.9. The van der Waals surface area contributed by atoms with Crippen molar-refractivity contribution in [3.05, 3.63) is 42.5 Å². The molecular formula is C18H25NO4S. The van der Waals surface area contributed by atoms with Crippen LogP contribution in [0.2, 0.25) is 0 Å². The Labute approximate surface area is 144 Å². The fraction of sp³-hybridized carbons (Fsp3) is 0.500. The molecule has 0 unspecified atom stereocenters. The van der Waals surface area contributed by atoms with Crippen LogP contribution in [0.15, 0.2) is 41.8 Å². The summed E-state index contributed by atoms with van der Waals surface area (Å²) in [6, 6.07) is 6.23. The molecule has 6 heteroatoms. The second-order valence-electron chi connectivity index (χ2n) is 5.99. The van der Waals surface area contributed by atoms with E-state index in [2.05, 4.69) is 6.58 Å². The number of carbonyl (C=O) groups is 1. The van der Waals surface area contributed by atoms with Gasteiger partial charge in [0, 0.05) is 25.3 Å². The van der Waals surface area contributed by atoms with E-state index < -0.39 is 9.84 Å². The molecule has 0 bridgehead atoms. The Morgan fingerprint density at radius 1 is 1.29 bits per heavy atom. The molecule has 24 heavy (non-hydrogen) atoms. The van der Waals surface area contributed by atoms with Crippen LogP contribution < -0.4 is 0 Å². The Morgan fingerprint density at radius 3 is 2.46 bits per heavy atom. The van der Waals surface area contributed by atoms with E-state index in [9.17, 15) is 13.2 Å². The molecule has 1 aromatic rings. The van der Waals surface area contributed by atoms with Gasteiger partial charge < -0.3 is 9.64 Å². The highest BCUT2D eigenvalue weighted by Gasteiger charge is 2.24. The minimum atomic E-state index is -3.23. The standard InChI is InChI=1S/C18H25NO4S/c1-3-13-23-14-15-9-11-19(12-10-15)18(20)16-5-7-17(8-6-16)24(21,22)4-2/h3,5-8,15H,1,4,9-14H2,2H3. The van der Waals surface area contributed by atoms with Gasteiger partial charge in [0.05, 0.1) is 17.3 Å². The summed E-state index contributed by atoms with van der Waals surface area (Å²) in [5.74, 6) is 0.494. The van der Waals surface area contributed by atoms with E-state index in [1.165, 1.54) is 12.1 Å². The van der Waals surface area contributed by atoms with Gasteiger partial charge in [0.2, 0.25) is 0 Å². The van der Waals surface area contributed by atoms with E-state index in [1.54, 1.807) is 25.1 Å². The lowest BCUT2D eigenvalue weighted by Crippen LogP contribution is -2.39. The summed E-state index contributed by atoms with van der Waals surface area (Å²) in [6.45, 7) is 7.91. The van der Waals surface area contributed by atoms with Crippen molar-refractivity contribution >= 4 is 15.7 Å². The molecule has 0 spiro atoms. The molecule has 132 valence electrons. The number of hydrogen-bond acceptors (Lipinski definition) is 4. The third kappa shape index (κ3) is 4.68. The Bertz CT molecular complexity index is 659. The van der Waals surface area contributed by atoms with Crippen molar-refractivity contribution in [2.24, 2.45) is 5.92 Å². The summed E-state index contributed by atoms with van der Waals surface area (Å²) in [7, 11) is -3.23. The van der Waals surface area contributed by atoms with Crippen LogP contribution in [-0.4, -0.2) is 51.3 Å². The van der Waals surface area contributed by atoms with E-state index in [0.29, 0.717) is 37.8 Å². The van der Waals surface area contributed by atoms with Crippen LogP contribution in [0.25, 0.3) is 0 Å². The first-order valence-corrected chi connectivity index (χ1v) is 9.94. The zero-order chi connectivity index (χ0) is 17.6. The van der Waals surface area contributed by atoms with Gasteiger partial charge in [0.15, 0.2) is 9.84 Å². The summed E-state index contributed by atoms with van der Waals surface area (Å²) >= 11 is 0. The van der Waals surface area contributed by atoms with E-state index in [4.69, 9.17) is 4.74 Å². The number of nitrogens with zero attached hydrogens (tertiary/aromatic N) is 1. The van der Waals surface area contributed by atoms with E-state index >= 15 is 0 Å². The Balaban J connectivity index is 1.92. The number of carbonyl (C=O) groups excluding carboxylic acids is 1. The van der Waals surface area contributed by atoms with Crippen LogP contribution in [0.3, 0.4) is 0 Å². The minimum Gasteiger partial charge on any atom is -0.377 e. The van der Waals surface area contributed by atoms with Gasteiger partial charge in [-0.05, 0) is 43.0 Å². The number of hydrogen-bond donors (Lipinski definition) is 0. The molecule has 0 saturated carbocycles. The first-order chi connectivity index (χ1) is 11.5. The van der Waals surface area contributed by atoms with Crippen molar-refractivity contribution in [2.45, 2.75) is 24.7 Å². The lowest BCUT2D eigenvalue weighted by atomic mass is 9.97. The monoisotopic (exact) mass is 351 g/mol. The number of likely N-dealkylation sites (tertiary alicyclic amines) is 1. The fourth-order valence-corrected chi connectivity index (χ4v) is 3.66. The van der Waals surface area contributed by atoms with Gasteiger partial charge in [-0.3, -0.25) is 4.79 Å². The van der Waals surface area contributed by atoms with E-state index in [0.717, 1.165) is 12.8 Å². The minimum absolute atomic E-state index is 0.0408. The normalized spacial score (nSPS) is 16.1. The first-order valence-electron chi connectivity index (χ1n) is 8.28. The number of ether oxygens (including phenoxy) is 1. The highest BCUT2D eigenvalue weighted by Crippen LogP contribution is 2.20. The number of rotatable bonds is 7. The number of benzene rings is 1. The largest absolute Gasteiger partial charge is 0.377 e. The molecule has 0 radical (unpaired) electrons. The van der Waals surface area contributed by atoms with Crippen LogP contribution >= 0.6 is 0 Å². The summed E-state index contributed by atoms with van der Waals surface area (Å²) in [6.07, 6.45) is 3.58. The van der Waals surface area contributed by atoms with Gasteiger partial charge in [-0.1, -0.05) is 13.0 Å². The summed E-state index contributed by atoms with van der Waals surface area (Å²) < 4.78 is 29.1. The Kier molecular flexibility index (Phi) is 6.57.